The van der Waals surface area contributed by atoms with E-state index < -0.39 is 10.0 Å². The second kappa shape index (κ2) is 5.05. The van der Waals surface area contributed by atoms with Crippen molar-refractivity contribution < 1.29 is 8.42 Å². The van der Waals surface area contributed by atoms with Crippen molar-refractivity contribution in [1.29, 1.82) is 0 Å². The van der Waals surface area contributed by atoms with Gasteiger partial charge in [-0.15, -0.1) is 0 Å². The second-order valence-electron chi connectivity index (χ2n) is 6.23. The second-order valence-corrected chi connectivity index (χ2v) is 8.17. The van der Waals surface area contributed by atoms with Crippen molar-refractivity contribution in [3.05, 3.63) is 29.3 Å². The van der Waals surface area contributed by atoms with Gasteiger partial charge in [-0.3, -0.25) is 4.90 Å². The monoisotopic (exact) mass is 307 g/mol. The summed E-state index contributed by atoms with van der Waals surface area (Å²) >= 11 is 0. The summed E-state index contributed by atoms with van der Waals surface area (Å²) in [5.74, 6) is 0. The van der Waals surface area contributed by atoms with E-state index in [1.54, 1.807) is 10.4 Å². The summed E-state index contributed by atoms with van der Waals surface area (Å²) < 4.78 is 27.4. The summed E-state index contributed by atoms with van der Waals surface area (Å²) in [5.41, 5.74) is 2.34. The fourth-order valence-corrected chi connectivity index (χ4v) is 5.28. The number of hydrogen-bond donors (Lipinski definition) is 1. The lowest BCUT2D eigenvalue weighted by Crippen LogP contribution is -2.51. The van der Waals surface area contributed by atoms with E-state index in [1.165, 1.54) is 12.0 Å². The van der Waals surface area contributed by atoms with Crippen LogP contribution in [0.3, 0.4) is 0 Å². The fourth-order valence-electron chi connectivity index (χ4n) is 3.76. The summed E-state index contributed by atoms with van der Waals surface area (Å²) in [7, 11) is -3.34. The number of nitrogens with one attached hydrogen (secondary N) is 1. The average Bonchev–Trinajstić information content (AvgIpc) is 3.14. The lowest BCUT2D eigenvalue weighted by Gasteiger charge is -2.36. The van der Waals surface area contributed by atoms with Crippen LogP contribution in [0.2, 0.25) is 0 Å². The number of benzene rings is 1. The van der Waals surface area contributed by atoms with E-state index >= 15 is 0 Å². The smallest absolute Gasteiger partial charge is 0.243 e. The Kier molecular flexibility index (Phi) is 3.29. The molecule has 0 bridgehead atoms. The Bertz CT molecular complexity index is 659. The Hall–Kier alpha value is -0.950. The zero-order valence-corrected chi connectivity index (χ0v) is 12.9. The third-order valence-electron chi connectivity index (χ3n) is 5.00. The van der Waals surface area contributed by atoms with Crippen molar-refractivity contribution >= 4 is 10.0 Å². The molecule has 2 fully saturated rings. The molecular weight excluding hydrogens is 286 g/mol. The minimum Gasteiger partial charge on any atom is -0.309 e. The molecule has 1 N–H and O–H groups in total. The highest BCUT2D eigenvalue weighted by molar-refractivity contribution is 7.89. The molecule has 0 aliphatic carbocycles. The van der Waals surface area contributed by atoms with Crippen LogP contribution in [-0.4, -0.2) is 49.8 Å². The number of fused-ring (bicyclic) bond motifs is 2. The van der Waals surface area contributed by atoms with Crippen LogP contribution in [0.25, 0.3) is 0 Å². The lowest BCUT2D eigenvalue weighted by molar-refractivity contribution is 0.158. The van der Waals surface area contributed by atoms with Gasteiger partial charge in [0, 0.05) is 38.8 Å². The van der Waals surface area contributed by atoms with Gasteiger partial charge in [0.05, 0.1) is 4.90 Å². The third-order valence-corrected chi connectivity index (χ3v) is 6.86. The molecular formula is C15H21N3O2S. The summed E-state index contributed by atoms with van der Waals surface area (Å²) in [4.78, 5) is 2.88. The number of hydrogen-bond acceptors (Lipinski definition) is 4. The lowest BCUT2D eigenvalue weighted by atomic mass is 10.1. The molecule has 4 rings (SSSR count). The van der Waals surface area contributed by atoms with E-state index in [1.807, 2.05) is 12.1 Å². The van der Waals surface area contributed by atoms with Gasteiger partial charge in [0.1, 0.15) is 0 Å². The van der Waals surface area contributed by atoms with Gasteiger partial charge in [-0.05, 0) is 42.6 Å². The van der Waals surface area contributed by atoms with Gasteiger partial charge in [-0.25, -0.2) is 8.42 Å². The SMILES string of the molecule is O=S(=O)(c1ccc2c(c1)CNC2)N1CCN2CCCC2C1. The molecule has 3 heterocycles. The predicted octanol–water partition coefficient (Wildman–Crippen LogP) is 0.758. The van der Waals surface area contributed by atoms with E-state index in [0.29, 0.717) is 24.0 Å². The van der Waals surface area contributed by atoms with Gasteiger partial charge in [0.25, 0.3) is 0 Å². The van der Waals surface area contributed by atoms with E-state index in [0.717, 1.165) is 38.2 Å². The van der Waals surface area contributed by atoms with Crippen LogP contribution in [0.5, 0.6) is 0 Å². The van der Waals surface area contributed by atoms with Crippen LogP contribution in [0.1, 0.15) is 24.0 Å². The van der Waals surface area contributed by atoms with E-state index in [9.17, 15) is 8.42 Å². The Morgan fingerprint density at radius 2 is 1.95 bits per heavy atom. The van der Waals surface area contributed by atoms with Crippen LogP contribution in [0.15, 0.2) is 23.1 Å². The van der Waals surface area contributed by atoms with Crippen LogP contribution in [-0.2, 0) is 23.1 Å². The summed E-state index contributed by atoms with van der Waals surface area (Å²) in [6, 6.07) is 5.99. The van der Waals surface area contributed by atoms with Crippen LogP contribution < -0.4 is 5.32 Å². The van der Waals surface area contributed by atoms with Gasteiger partial charge in [0.2, 0.25) is 10.0 Å². The fraction of sp³-hybridized carbons (Fsp3) is 0.600. The quantitative estimate of drug-likeness (QED) is 0.876. The van der Waals surface area contributed by atoms with Crippen LogP contribution in [0, 0.1) is 0 Å². The Balaban J connectivity index is 1.61. The maximum Gasteiger partial charge on any atom is 0.243 e. The molecule has 0 aromatic heterocycles. The largest absolute Gasteiger partial charge is 0.309 e. The predicted molar refractivity (Wildman–Crippen MR) is 80.3 cm³/mol. The highest BCUT2D eigenvalue weighted by Gasteiger charge is 2.36. The van der Waals surface area contributed by atoms with Crippen molar-refractivity contribution in [2.75, 3.05) is 26.2 Å². The minimum atomic E-state index is -3.34. The first-order valence-electron chi connectivity index (χ1n) is 7.71. The first-order valence-corrected chi connectivity index (χ1v) is 9.15. The Morgan fingerprint density at radius 3 is 2.86 bits per heavy atom. The molecule has 0 spiro atoms. The van der Waals surface area contributed by atoms with Crippen molar-refractivity contribution in [2.24, 2.45) is 0 Å². The maximum absolute atomic E-state index is 12.9. The van der Waals surface area contributed by atoms with Crippen molar-refractivity contribution in [2.45, 2.75) is 36.9 Å². The highest BCUT2D eigenvalue weighted by Crippen LogP contribution is 2.27. The molecule has 3 aliphatic rings. The molecule has 114 valence electrons. The van der Waals surface area contributed by atoms with E-state index in [2.05, 4.69) is 10.2 Å². The topological polar surface area (TPSA) is 52.7 Å². The van der Waals surface area contributed by atoms with Gasteiger partial charge < -0.3 is 5.32 Å². The molecule has 2 saturated heterocycles. The molecule has 0 amide bonds. The molecule has 3 aliphatic heterocycles. The van der Waals surface area contributed by atoms with E-state index in [-0.39, 0.29) is 0 Å². The summed E-state index contributed by atoms with van der Waals surface area (Å²) in [6.45, 7) is 4.89. The third kappa shape index (κ3) is 2.30. The first-order chi connectivity index (χ1) is 10.1. The van der Waals surface area contributed by atoms with Gasteiger partial charge in [0.15, 0.2) is 0 Å². The molecule has 5 nitrogen and oxygen atoms in total. The van der Waals surface area contributed by atoms with Gasteiger partial charge in [-0.1, -0.05) is 6.07 Å². The number of rotatable bonds is 2. The minimum absolute atomic E-state index is 0.421. The molecule has 1 aromatic rings. The first kappa shape index (κ1) is 13.7. The van der Waals surface area contributed by atoms with Gasteiger partial charge >= 0.3 is 0 Å². The highest BCUT2D eigenvalue weighted by atomic mass is 32.2. The Labute approximate surface area is 126 Å². The van der Waals surface area contributed by atoms with E-state index in [4.69, 9.17) is 0 Å². The Morgan fingerprint density at radius 1 is 1.10 bits per heavy atom. The number of piperazine rings is 1. The average molecular weight is 307 g/mol. The zero-order chi connectivity index (χ0) is 14.4. The molecule has 21 heavy (non-hydrogen) atoms. The molecule has 1 atom stereocenters. The normalized spacial score (nSPS) is 26.8. The zero-order valence-electron chi connectivity index (χ0n) is 12.1. The van der Waals surface area contributed by atoms with Crippen molar-refractivity contribution in [3.8, 4) is 0 Å². The summed E-state index contributed by atoms with van der Waals surface area (Å²) in [6.07, 6.45) is 2.32. The number of nitrogens with zero attached hydrogens (tertiary/aromatic N) is 2. The summed E-state index contributed by atoms with van der Waals surface area (Å²) in [5, 5.41) is 3.26. The standard InChI is InChI=1S/C15H21N3O2S/c19-21(20,15-4-3-12-9-16-10-13(12)8-15)18-7-6-17-5-1-2-14(17)11-18/h3-4,8,14,16H,1-2,5-7,9-11H2. The van der Waals surface area contributed by atoms with Crippen LogP contribution >= 0.6 is 0 Å². The van der Waals surface area contributed by atoms with Crippen molar-refractivity contribution in [1.82, 2.24) is 14.5 Å². The van der Waals surface area contributed by atoms with Gasteiger partial charge in [-0.2, -0.15) is 4.31 Å². The van der Waals surface area contributed by atoms with Crippen molar-refractivity contribution in [3.63, 3.8) is 0 Å². The molecule has 6 heteroatoms. The molecule has 0 saturated carbocycles. The maximum atomic E-state index is 12.9. The molecule has 1 aromatic carbocycles. The molecule has 1 unspecified atom stereocenters. The molecule has 0 radical (unpaired) electrons. The number of sulfonamides is 1. The van der Waals surface area contributed by atoms with Crippen LogP contribution in [0.4, 0.5) is 0 Å².